The van der Waals surface area contributed by atoms with Crippen LogP contribution in [0, 0.1) is 0 Å². The summed E-state index contributed by atoms with van der Waals surface area (Å²) < 4.78 is 11.7. The van der Waals surface area contributed by atoms with E-state index in [1.165, 1.54) is 69.3 Å². The summed E-state index contributed by atoms with van der Waals surface area (Å²) in [4.78, 5) is 41.5. The largest absolute Gasteiger partial charge is 0.462 e. The van der Waals surface area contributed by atoms with Crippen LogP contribution in [0.3, 0.4) is 0 Å². The Balaban J connectivity index is 1.45. The molecule has 11 heteroatoms. The summed E-state index contributed by atoms with van der Waals surface area (Å²) in [6.45, 7) is 2.01. The molecule has 0 saturated carbocycles. The van der Waals surface area contributed by atoms with E-state index in [9.17, 15) is 29.7 Å². The SMILES string of the molecule is CCCCCCCCCCCCOC(=O)c1cccc(C(=O)Nc2ccn([C@@H]3O[C@H](CO)[C@@H](O)[C@@H]3O)c(=O)n2)c1. The number of ether oxygens (including phenoxy) is 2. The molecule has 4 N–H and O–H groups in total. The van der Waals surface area contributed by atoms with Gasteiger partial charge in [-0.1, -0.05) is 70.8 Å². The highest BCUT2D eigenvalue weighted by atomic mass is 16.6. The topological polar surface area (TPSA) is 160 Å². The Morgan fingerprint density at radius 1 is 0.975 bits per heavy atom. The number of carbonyl (C=O) groups excluding carboxylic acids is 2. The minimum absolute atomic E-state index is 0.0491. The van der Waals surface area contributed by atoms with Crippen LogP contribution in [0.1, 0.15) is 98.1 Å². The van der Waals surface area contributed by atoms with Gasteiger partial charge in [-0.05, 0) is 30.7 Å². The van der Waals surface area contributed by atoms with Crippen molar-refractivity contribution in [2.24, 2.45) is 0 Å². The molecule has 4 atom stereocenters. The molecule has 2 heterocycles. The maximum Gasteiger partial charge on any atom is 0.351 e. The zero-order valence-corrected chi connectivity index (χ0v) is 23.0. The summed E-state index contributed by atoms with van der Waals surface area (Å²) in [5.74, 6) is -1.14. The van der Waals surface area contributed by atoms with Crippen molar-refractivity contribution >= 4 is 17.7 Å². The van der Waals surface area contributed by atoms with E-state index in [-0.39, 0.29) is 16.9 Å². The number of hydrogen-bond acceptors (Lipinski definition) is 9. The molecule has 11 nitrogen and oxygen atoms in total. The maximum absolute atomic E-state index is 12.7. The number of nitrogens with one attached hydrogen (secondary N) is 1. The Morgan fingerprint density at radius 2 is 1.62 bits per heavy atom. The molecule has 0 radical (unpaired) electrons. The molecule has 2 aromatic rings. The number of unbranched alkanes of at least 4 members (excludes halogenated alkanes) is 9. The number of nitrogens with zero attached hydrogens (tertiary/aromatic N) is 2. The number of benzene rings is 1. The van der Waals surface area contributed by atoms with E-state index < -0.39 is 48.7 Å². The third-order valence-electron chi connectivity index (χ3n) is 6.95. The summed E-state index contributed by atoms with van der Waals surface area (Å²) in [6.07, 6.45) is 8.03. The highest BCUT2D eigenvalue weighted by Gasteiger charge is 2.43. The number of amides is 1. The first-order valence-electron chi connectivity index (χ1n) is 14.2. The van der Waals surface area contributed by atoms with Crippen LogP contribution in [0.4, 0.5) is 5.82 Å². The van der Waals surface area contributed by atoms with Gasteiger partial charge in [0.05, 0.1) is 18.8 Å². The van der Waals surface area contributed by atoms with E-state index in [4.69, 9.17) is 9.47 Å². The van der Waals surface area contributed by atoms with Gasteiger partial charge < -0.3 is 30.1 Å². The molecule has 1 aliphatic heterocycles. The minimum atomic E-state index is -1.44. The number of aromatic nitrogens is 2. The lowest BCUT2D eigenvalue weighted by Gasteiger charge is -2.17. The van der Waals surface area contributed by atoms with Gasteiger partial charge >= 0.3 is 11.7 Å². The van der Waals surface area contributed by atoms with Gasteiger partial charge in [-0.2, -0.15) is 4.98 Å². The fraction of sp³-hybridized carbons (Fsp3) is 0.586. The molecule has 0 bridgehead atoms. The molecule has 1 fully saturated rings. The highest BCUT2D eigenvalue weighted by Crippen LogP contribution is 2.28. The number of anilines is 1. The summed E-state index contributed by atoms with van der Waals surface area (Å²) in [6, 6.07) is 7.40. The highest BCUT2D eigenvalue weighted by molar-refractivity contribution is 6.05. The second-order valence-electron chi connectivity index (χ2n) is 10.1. The molecule has 0 aliphatic carbocycles. The number of hydrogen-bond donors (Lipinski definition) is 4. The minimum Gasteiger partial charge on any atom is -0.462 e. The van der Waals surface area contributed by atoms with Crippen LogP contribution < -0.4 is 11.0 Å². The zero-order chi connectivity index (χ0) is 28.9. The van der Waals surface area contributed by atoms with Crippen molar-refractivity contribution < 1.29 is 34.4 Å². The van der Waals surface area contributed by atoms with Crippen LogP contribution in [-0.2, 0) is 9.47 Å². The van der Waals surface area contributed by atoms with Gasteiger partial charge in [-0.25, -0.2) is 9.59 Å². The van der Waals surface area contributed by atoms with Crippen molar-refractivity contribution in [3.05, 3.63) is 58.1 Å². The Kier molecular flexibility index (Phi) is 12.7. The molecule has 3 rings (SSSR count). The van der Waals surface area contributed by atoms with E-state index in [0.29, 0.717) is 6.61 Å². The van der Waals surface area contributed by atoms with Crippen LogP contribution in [0.25, 0.3) is 0 Å². The first-order chi connectivity index (χ1) is 19.3. The lowest BCUT2D eigenvalue weighted by molar-refractivity contribution is -0.0549. The van der Waals surface area contributed by atoms with Crippen molar-refractivity contribution in [3.8, 4) is 0 Å². The van der Waals surface area contributed by atoms with Gasteiger partial charge in [-0.15, -0.1) is 0 Å². The summed E-state index contributed by atoms with van der Waals surface area (Å²) in [7, 11) is 0. The Bertz CT molecular complexity index is 1150. The number of rotatable bonds is 16. The summed E-state index contributed by atoms with van der Waals surface area (Å²) in [5, 5.41) is 31.8. The molecule has 40 heavy (non-hydrogen) atoms. The number of carbonyl (C=O) groups is 2. The lowest BCUT2D eigenvalue weighted by atomic mass is 10.1. The van der Waals surface area contributed by atoms with Crippen molar-refractivity contribution in [2.45, 2.75) is 95.7 Å². The van der Waals surface area contributed by atoms with E-state index >= 15 is 0 Å². The number of esters is 1. The van der Waals surface area contributed by atoms with Gasteiger partial charge in [0.15, 0.2) is 6.23 Å². The Hall–Kier alpha value is -3.12. The van der Waals surface area contributed by atoms with Gasteiger partial charge in [0, 0.05) is 11.8 Å². The standard InChI is InChI=1S/C29H41N3O8/c1-2-3-4-5-6-7-8-9-10-11-17-39-28(37)21-14-12-13-20(18-21)26(36)30-23-15-16-32(29(38)31-23)27-25(35)24(34)22(19-33)40-27/h12-16,18,22,24-25,27,33-35H,2-11,17,19H2,1H3,(H,30,31,36,38)/t22-,24-,25+,27-/m1/s1. The first kappa shape index (κ1) is 31.4. The van der Waals surface area contributed by atoms with E-state index in [2.05, 4.69) is 17.2 Å². The predicted octanol–water partition coefficient (Wildman–Crippen LogP) is 3.18. The maximum atomic E-state index is 12.7. The predicted molar refractivity (Wildman–Crippen MR) is 148 cm³/mol. The van der Waals surface area contributed by atoms with Crippen LogP contribution in [0.5, 0.6) is 0 Å². The molecule has 0 spiro atoms. The molecule has 1 aromatic carbocycles. The molecular weight excluding hydrogens is 518 g/mol. The molecule has 220 valence electrons. The summed E-state index contributed by atoms with van der Waals surface area (Å²) in [5.41, 5.74) is -0.410. The van der Waals surface area contributed by atoms with Gasteiger partial charge in [0.2, 0.25) is 0 Å². The summed E-state index contributed by atoms with van der Waals surface area (Å²) >= 11 is 0. The van der Waals surface area contributed by atoms with E-state index in [1.807, 2.05) is 0 Å². The molecule has 1 saturated heterocycles. The van der Waals surface area contributed by atoms with Gasteiger partial charge in [0.25, 0.3) is 5.91 Å². The Morgan fingerprint density at radius 3 is 2.25 bits per heavy atom. The van der Waals surface area contributed by atoms with Crippen LogP contribution in [-0.4, -0.2) is 68.3 Å². The Labute approximate surface area is 234 Å². The quantitative estimate of drug-likeness (QED) is 0.179. The third-order valence-corrected chi connectivity index (χ3v) is 6.95. The van der Waals surface area contributed by atoms with Crippen LogP contribution in [0.2, 0.25) is 0 Å². The monoisotopic (exact) mass is 559 g/mol. The molecule has 1 amide bonds. The molecule has 0 unspecified atom stereocenters. The molecule has 1 aliphatic rings. The smallest absolute Gasteiger partial charge is 0.351 e. The molecular formula is C29H41N3O8. The van der Waals surface area contributed by atoms with Crippen LogP contribution in [0.15, 0.2) is 41.3 Å². The zero-order valence-electron chi connectivity index (χ0n) is 23.0. The first-order valence-corrected chi connectivity index (χ1v) is 14.2. The second kappa shape index (κ2) is 16.2. The fourth-order valence-electron chi connectivity index (χ4n) is 4.60. The van der Waals surface area contributed by atoms with Crippen molar-refractivity contribution in [3.63, 3.8) is 0 Å². The van der Waals surface area contributed by atoms with Gasteiger partial charge in [-0.3, -0.25) is 9.36 Å². The second-order valence-corrected chi connectivity index (χ2v) is 10.1. The average Bonchev–Trinajstić information content (AvgIpc) is 3.24. The van der Waals surface area contributed by atoms with Crippen LogP contribution >= 0.6 is 0 Å². The van der Waals surface area contributed by atoms with Crippen molar-refractivity contribution in [1.82, 2.24) is 9.55 Å². The van der Waals surface area contributed by atoms with E-state index in [1.54, 1.807) is 12.1 Å². The van der Waals surface area contributed by atoms with Crippen molar-refractivity contribution in [2.75, 3.05) is 18.5 Å². The number of aliphatic hydroxyl groups excluding tert-OH is 3. The normalized spacial score (nSPS) is 20.4. The fourth-order valence-corrected chi connectivity index (χ4v) is 4.60. The lowest BCUT2D eigenvalue weighted by Crippen LogP contribution is -2.36. The third kappa shape index (κ3) is 8.95. The van der Waals surface area contributed by atoms with Gasteiger partial charge in [0.1, 0.15) is 24.1 Å². The molecule has 1 aromatic heterocycles. The number of aliphatic hydroxyl groups is 3. The van der Waals surface area contributed by atoms with E-state index in [0.717, 1.165) is 23.8 Å². The average molecular weight is 560 g/mol. The van der Waals surface area contributed by atoms with Crippen molar-refractivity contribution in [1.29, 1.82) is 0 Å².